The fourth-order valence-corrected chi connectivity index (χ4v) is 4.08. The maximum absolute atomic E-state index is 12.2. The highest BCUT2D eigenvalue weighted by Crippen LogP contribution is 2.19. The molecule has 0 aliphatic carbocycles. The Morgan fingerprint density at radius 2 is 2.26 bits per heavy atom. The van der Waals surface area contributed by atoms with Gasteiger partial charge in [-0.3, -0.25) is 4.21 Å². The van der Waals surface area contributed by atoms with E-state index in [4.69, 9.17) is 4.74 Å². The molecule has 1 aromatic carbocycles. The van der Waals surface area contributed by atoms with Crippen molar-refractivity contribution in [3.05, 3.63) is 35.4 Å². The van der Waals surface area contributed by atoms with Crippen LogP contribution in [0.2, 0.25) is 0 Å². The van der Waals surface area contributed by atoms with Gasteiger partial charge in [-0.1, -0.05) is 24.3 Å². The van der Waals surface area contributed by atoms with Crippen LogP contribution in [-0.4, -0.2) is 35.5 Å². The monoisotopic (exact) mass is 281 g/mol. The van der Waals surface area contributed by atoms with E-state index in [9.17, 15) is 4.21 Å². The standard InChI is InChI=1S/C15H23NO2S/c1-12-6-3-4-8-14(12)15(16-2)11-19(17)10-13-7-5-9-18-13/h3-4,6,8,13,15-16H,5,7,9-11H2,1-2H3. The van der Waals surface area contributed by atoms with Crippen LogP contribution in [0.1, 0.15) is 30.0 Å². The molecule has 0 saturated carbocycles. The van der Waals surface area contributed by atoms with E-state index >= 15 is 0 Å². The Balaban J connectivity index is 1.95. The van der Waals surface area contributed by atoms with Crippen molar-refractivity contribution in [1.29, 1.82) is 0 Å². The van der Waals surface area contributed by atoms with E-state index in [0.717, 1.165) is 19.4 Å². The molecule has 1 aliphatic rings. The second-order valence-electron chi connectivity index (χ2n) is 5.11. The number of hydrogen-bond donors (Lipinski definition) is 1. The van der Waals surface area contributed by atoms with Gasteiger partial charge in [0, 0.05) is 35.0 Å². The number of nitrogens with one attached hydrogen (secondary N) is 1. The summed E-state index contributed by atoms with van der Waals surface area (Å²) in [4.78, 5) is 0. The molecular weight excluding hydrogens is 258 g/mol. The molecule has 0 radical (unpaired) electrons. The first-order chi connectivity index (χ1) is 9.20. The van der Waals surface area contributed by atoms with Crippen LogP contribution in [0.5, 0.6) is 0 Å². The van der Waals surface area contributed by atoms with Crippen molar-refractivity contribution in [2.75, 3.05) is 25.2 Å². The molecule has 2 rings (SSSR count). The molecule has 3 unspecified atom stereocenters. The van der Waals surface area contributed by atoms with E-state index in [1.165, 1.54) is 11.1 Å². The summed E-state index contributed by atoms with van der Waals surface area (Å²) in [6, 6.07) is 8.44. The Morgan fingerprint density at radius 1 is 1.47 bits per heavy atom. The molecule has 1 N–H and O–H groups in total. The zero-order valence-corrected chi connectivity index (χ0v) is 12.5. The van der Waals surface area contributed by atoms with Gasteiger partial charge in [0.1, 0.15) is 0 Å². The summed E-state index contributed by atoms with van der Waals surface area (Å²) in [5, 5.41) is 3.28. The van der Waals surface area contributed by atoms with Gasteiger partial charge >= 0.3 is 0 Å². The predicted octanol–water partition coefficient (Wildman–Crippen LogP) is 2.18. The summed E-state index contributed by atoms with van der Waals surface area (Å²) >= 11 is 0. The summed E-state index contributed by atoms with van der Waals surface area (Å²) in [6.07, 6.45) is 2.37. The van der Waals surface area contributed by atoms with Crippen molar-refractivity contribution in [3.63, 3.8) is 0 Å². The maximum atomic E-state index is 12.2. The van der Waals surface area contributed by atoms with Crippen molar-refractivity contribution < 1.29 is 8.95 Å². The van der Waals surface area contributed by atoms with Crippen LogP contribution in [0.4, 0.5) is 0 Å². The molecule has 0 aromatic heterocycles. The Labute approximate surface area is 118 Å². The largest absolute Gasteiger partial charge is 0.377 e. The van der Waals surface area contributed by atoms with E-state index in [0.29, 0.717) is 11.5 Å². The number of ether oxygens (including phenoxy) is 1. The molecule has 1 aliphatic heterocycles. The first kappa shape index (κ1) is 14.7. The van der Waals surface area contributed by atoms with Gasteiger partial charge in [0.2, 0.25) is 0 Å². The van der Waals surface area contributed by atoms with Crippen molar-refractivity contribution in [1.82, 2.24) is 5.32 Å². The second-order valence-corrected chi connectivity index (χ2v) is 6.65. The molecule has 0 spiro atoms. The van der Waals surface area contributed by atoms with Gasteiger partial charge in [-0.05, 0) is 37.9 Å². The molecule has 1 fully saturated rings. The van der Waals surface area contributed by atoms with E-state index in [1.54, 1.807) is 0 Å². The molecule has 3 nitrogen and oxygen atoms in total. The van der Waals surface area contributed by atoms with Crippen LogP contribution >= 0.6 is 0 Å². The lowest BCUT2D eigenvalue weighted by atomic mass is 10.0. The lowest BCUT2D eigenvalue weighted by molar-refractivity contribution is 0.128. The Bertz CT molecular complexity index is 430. The van der Waals surface area contributed by atoms with Gasteiger partial charge in [-0.25, -0.2) is 0 Å². The number of benzene rings is 1. The van der Waals surface area contributed by atoms with Gasteiger partial charge in [-0.2, -0.15) is 0 Å². The average Bonchev–Trinajstić information content (AvgIpc) is 2.89. The zero-order valence-electron chi connectivity index (χ0n) is 11.7. The van der Waals surface area contributed by atoms with E-state index in [1.807, 2.05) is 19.2 Å². The summed E-state index contributed by atoms with van der Waals surface area (Å²) < 4.78 is 17.8. The van der Waals surface area contributed by atoms with Crippen LogP contribution in [0.15, 0.2) is 24.3 Å². The number of hydrogen-bond acceptors (Lipinski definition) is 3. The van der Waals surface area contributed by atoms with Crippen LogP contribution in [0.25, 0.3) is 0 Å². The lowest BCUT2D eigenvalue weighted by Crippen LogP contribution is -2.27. The first-order valence-corrected chi connectivity index (χ1v) is 8.39. The smallest absolute Gasteiger partial charge is 0.0691 e. The normalized spacial score (nSPS) is 22.3. The summed E-state index contributed by atoms with van der Waals surface area (Å²) in [5.41, 5.74) is 2.49. The number of rotatable bonds is 6. The highest BCUT2D eigenvalue weighted by atomic mass is 32.2. The van der Waals surface area contributed by atoms with E-state index in [-0.39, 0.29) is 12.1 Å². The molecule has 1 heterocycles. The van der Waals surface area contributed by atoms with Crippen molar-refractivity contribution >= 4 is 10.8 Å². The molecule has 1 saturated heterocycles. The summed E-state index contributed by atoms with van der Waals surface area (Å²) in [5.74, 6) is 1.32. The van der Waals surface area contributed by atoms with Gasteiger partial charge < -0.3 is 10.1 Å². The quantitative estimate of drug-likeness (QED) is 0.868. The number of aryl methyl sites for hydroxylation is 1. The van der Waals surface area contributed by atoms with Crippen LogP contribution in [-0.2, 0) is 15.5 Å². The topological polar surface area (TPSA) is 38.3 Å². The highest BCUT2D eigenvalue weighted by Gasteiger charge is 2.21. The van der Waals surface area contributed by atoms with Crippen molar-refractivity contribution in [2.45, 2.75) is 31.9 Å². The fraction of sp³-hybridized carbons (Fsp3) is 0.600. The van der Waals surface area contributed by atoms with E-state index in [2.05, 4.69) is 24.4 Å². The molecule has 4 heteroatoms. The molecule has 0 amide bonds. The zero-order chi connectivity index (χ0) is 13.7. The molecule has 3 atom stereocenters. The fourth-order valence-electron chi connectivity index (χ4n) is 2.54. The first-order valence-electron chi connectivity index (χ1n) is 6.90. The third kappa shape index (κ3) is 4.13. The Kier molecular flexibility index (Phi) is 5.55. The molecule has 19 heavy (non-hydrogen) atoms. The Hall–Kier alpha value is -0.710. The van der Waals surface area contributed by atoms with Gasteiger partial charge in [0.15, 0.2) is 0 Å². The Morgan fingerprint density at radius 3 is 2.89 bits per heavy atom. The van der Waals surface area contributed by atoms with Gasteiger partial charge in [-0.15, -0.1) is 0 Å². The van der Waals surface area contributed by atoms with E-state index < -0.39 is 10.8 Å². The highest BCUT2D eigenvalue weighted by molar-refractivity contribution is 7.85. The minimum Gasteiger partial charge on any atom is -0.377 e. The third-order valence-corrected chi connectivity index (χ3v) is 5.11. The second kappa shape index (κ2) is 7.17. The maximum Gasteiger partial charge on any atom is 0.0691 e. The molecule has 106 valence electrons. The van der Waals surface area contributed by atoms with Crippen LogP contribution in [0.3, 0.4) is 0 Å². The van der Waals surface area contributed by atoms with Crippen molar-refractivity contribution in [3.8, 4) is 0 Å². The van der Waals surface area contributed by atoms with Crippen LogP contribution in [0, 0.1) is 6.92 Å². The SMILES string of the molecule is CNC(CS(=O)CC1CCCO1)c1ccccc1C. The lowest BCUT2D eigenvalue weighted by Gasteiger charge is -2.19. The minimum atomic E-state index is -0.836. The van der Waals surface area contributed by atoms with Gasteiger partial charge in [0.05, 0.1) is 6.10 Å². The predicted molar refractivity (Wildman–Crippen MR) is 79.8 cm³/mol. The minimum absolute atomic E-state index is 0.156. The summed E-state index contributed by atoms with van der Waals surface area (Å²) in [6.45, 7) is 2.93. The third-order valence-electron chi connectivity index (χ3n) is 3.66. The van der Waals surface area contributed by atoms with Crippen LogP contribution < -0.4 is 5.32 Å². The summed E-state index contributed by atoms with van der Waals surface area (Å²) in [7, 11) is 1.09. The average molecular weight is 281 g/mol. The molecular formula is C15H23NO2S. The van der Waals surface area contributed by atoms with Gasteiger partial charge in [0.25, 0.3) is 0 Å². The molecule has 0 bridgehead atoms. The molecule has 1 aromatic rings. The van der Waals surface area contributed by atoms with Crippen molar-refractivity contribution in [2.24, 2.45) is 0 Å².